The molecule has 4 rings (SSSR count). The summed E-state index contributed by atoms with van der Waals surface area (Å²) < 4.78 is 0. The fourth-order valence-corrected chi connectivity index (χ4v) is 3.38. The second-order valence-corrected chi connectivity index (χ2v) is 7.53. The minimum absolute atomic E-state index is 0.542. The van der Waals surface area contributed by atoms with Crippen LogP contribution in [0.4, 0.5) is 11.6 Å². The lowest BCUT2D eigenvalue weighted by Gasteiger charge is -2.22. The molecule has 7 heteroatoms. The Labute approximate surface area is 175 Å². The monoisotopic (exact) mass is 404 g/mol. The number of aromatic nitrogens is 3. The smallest absolute Gasteiger partial charge is 0.163 e. The summed E-state index contributed by atoms with van der Waals surface area (Å²) in [6.07, 6.45) is 5.88. The number of hydrogen-bond donors (Lipinski definition) is 1. The van der Waals surface area contributed by atoms with Gasteiger partial charge in [0, 0.05) is 43.7 Å². The van der Waals surface area contributed by atoms with Gasteiger partial charge in [0.2, 0.25) is 0 Å². The average Bonchev–Trinajstić information content (AvgIpc) is 3.59. The largest absolute Gasteiger partial charge is 0.368 e. The fraction of sp³-hybridized carbons (Fsp3) is 0.273. The SMILES string of the molecule is CN(CCNc1ccc(C#N)cn1)c1nc(-c2ccccc2Cl)ncc1C1CC1. The quantitative estimate of drug-likeness (QED) is 0.625. The number of likely N-dealkylation sites (N-methyl/N-ethyl adjacent to an activating group) is 1. The topological polar surface area (TPSA) is 77.7 Å². The van der Waals surface area contributed by atoms with Crippen LogP contribution in [0.15, 0.2) is 48.8 Å². The van der Waals surface area contributed by atoms with Crippen LogP contribution < -0.4 is 10.2 Å². The van der Waals surface area contributed by atoms with Crippen molar-refractivity contribution in [3.63, 3.8) is 0 Å². The van der Waals surface area contributed by atoms with E-state index in [4.69, 9.17) is 21.8 Å². The van der Waals surface area contributed by atoms with E-state index in [1.807, 2.05) is 43.6 Å². The fourth-order valence-electron chi connectivity index (χ4n) is 3.16. The Bertz CT molecular complexity index is 1040. The van der Waals surface area contributed by atoms with Crippen LogP contribution in [-0.2, 0) is 0 Å². The van der Waals surface area contributed by atoms with Crippen LogP contribution in [-0.4, -0.2) is 35.1 Å². The van der Waals surface area contributed by atoms with E-state index >= 15 is 0 Å². The summed E-state index contributed by atoms with van der Waals surface area (Å²) in [5.41, 5.74) is 2.58. The number of pyridine rings is 1. The summed E-state index contributed by atoms with van der Waals surface area (Å²) in [6.45, 7) is 1.45. The van der Waals surface area contributed by atoms with Gasteiger partial charge in [-0.05, 0) is 43.0 Å². The van der Waals surface area contributed by atoms with E-state index in [9.17, 15) is 0 Å². The summed E-state index contributed by atoms with van der Waals surface area (Å²) >= 11 is 6.35. The summed E-state index contributed by atoms with van der Waals surface area (Å²) in [4.78, 5) is 15.8. The van der Waals surface area contributed by atoms with Gasteiger partial charge in [-0.3, -0.25) is 0 Å². The molecular formula is C22H21ClN6. The molecule has 2 heterocycles. The maximum absolute atomic E-state index is 8.86. The first-order valence-corrected chi connectivity index (χ1v) is 9.96. The minimum atomic E-state index is 0.542. The van der Waals surface area contributed by atoms with E-state index < -0.39 is 0 Å². The molecule has 0 unspecified atom stereocenters. The first kappa shape index (κ1) is 19.2. The second-order valence-electron chi connectivity index (χ2n) is 7.12. The number of nitrogens with one attached hydrogen (secondary N) is 1. The van der Waals surface area contributed by atoms with Crippen molar-refractivity contribution in [1.29, 1.82) is 5.26 Å². The van der Waals surface area contributed by atoms with Crippen molar-refractivity contribution < 1.29 is 0 Å². The third kappa shape index (κ3) is 4.47. The Morgan fingerprint density at radius 3 is 2.69 bits per heavy atom. The zero-order valence-corrected chi connectivity index (χ0v) is 16.9. The van der Waals surface area contributed by atoms with Crippen LogP contribution in [0.2, 0.25) is 5.02 Å². The number of halogens is 1. The number of hydrogen-bond acceptors (Lipinski definition) is 6. The molecule has 2 aromatic heterocycles. The molecule has 3 aromatic rings. The highest BCUT2D eigenvalue weighted by Gasteiger charge is 2.29. The first-order chi connectivity index (χ1) is 14.2. The van der Waals surface area contributed by atoms with Gasteiger partial charge in [0.15, 0.2) is 5.82 Å². The van der Waals surface area contributed by atoms with Gasteiger partial charge >= 0.3 is 0 Å². The molecule has 146 valence electrons. The van der Waals surface area contributed by atoms with Crippen molar-refractivity contribution in [2.24, 2.45) is 0 Å². The molecule has 1 saturated carbocycles. The van der Waals surface area contributed by atoms with Crippen molar-refractivity contribution in [3.05, 3.63) is 64.9 Å². The normalized spacial score (nSPS) is 13.0. The van der Waals surface area contributed by atoms with E-state index in [1.165, 1.54) is 18.4 Å². The second kappa shape index (κ2) is 8.46. The lowest BCUT2D eigenvalue weighted by Crippen LogP contribution is -2.27. The Morgan fingerprint density at radius 1 is 1.17 bits per heavy atom. The van der Waals surface area contributed by atoms with E-state index in [0.717, 1.165) is 23.7 Å². The van der Waals surface area contributed by atoms with Crippen molar-refractivity contribution in [2.75, 3.05) is 30.4 Å². The zero-order chi connectivity index (χ0) is 20.2. The van der Waals surface area contributed by atoms with Gasteiger partial charge in [-0.2, -0.15) is 5.26 Å². The number of benzene rings is 1. The van der Waals surface area contributed by atoms with Crippen LogP contribution in [0.25, 0.3) is 11.4 Å². The molecule has 0 saturated heterocycles. The van der Waals surface area contributed by atoms with Gasteiger partial charge in [-0.25, -0.2) is 15.0 Å². The number of nitriles is 1. The van der Waals surface area contributed by atoms with Gasteiger partial charge in [-0.15, -0.1) is 0 Å². The molecule has 1 fully saturated rings. The maximum Gasteiger partial charge on any atom is 0.163 e. The van der Waals surface area contributed by atoms with Crippen molar-refractivity contribution in [1.82, 2.24) is 15.0 Å². The zero-order valence-electron chi connectivity index (χ0n) is 16.1. The van der Waals surface area contributed by atoms with E-state index in [-0.39, 0.29) is 0 Å². The summed E-state index contributed by atoms with van der Waals surface area (Å²) in [5.74, 6) is 2.88. The van der Waals surface area contributed by atoms with E-state index in [2.05, 4.69) is 26.3 Å². The molecule has 0 aliphatic heterocycles. The highest BCUT2D eigenvalue weighted by atomic mass is 35.5. The van der Waals surface area contributed by atoms with Crippen molar-refractivity contribution in [2.45, 2.75) is 18.8 Å². The van der Waals surface area contributed by atoms with Crippen molar-refractivity contribution >= 4 is 23.2 Å². The number of rotatable bonds is 7. The van der Waals surface area contributed by atoms with Crippen LogP contribution in [0.5, 0.6) is 0 Å². The molecule has 0 amide bonds. The predicted octanol–water partition coefficient (Wildman–Crippen LogP) is 4.49. The Morgan fingerprint density at radius 2 is 2.00 bits per heavy atom. The molecule has 1 aromatic carbocycles. The molecule has 1 aliphatic carbocycles. The Kier molecular flexibility index (Phi) is 5.59. The summed E-state index contributed by atoms with van der Waals surface area (Å²) in [5, 5.41) is 12.8. The molecule has 29 heavy (non-hydrogen) atoms. The lowest BCUT2D eigenvalue weighted by atomic mass is 10.1. The molecule has 0 atom stereocenters. The molecule has 6 nitrogen and oxygen atoms in total. The molecule has 1 N–H and O–H groups in total. The predicted molar refractivity (Wildman–Crippen MR) is 115 cm³/mol. The maximum atomic E-state index is 8.86. The Hall–Kier alpha value is -3.17. The van der Waals surface area contributed by atoms with Crippen LogP contribution in [0.1, 0.15) is 29.9 Å². The lowest BCUT2D eigenvalue weighted by molar-refractivity contribution is 0.867. The minimum Gasteiger partial charge on any atom is -0.368 e. The van der Waals surface area contributed by atoms with Gasteiger partial charge < -0.3 is 10.2 Å². The number of anilines is 2. The van der Waals surface area contributed by atoms with Gasteiger partial charge in [0.1, 0.15) is 17.7 Å². The number of nitrogens with zero attached hydrogens (tertiary/aromatic N) is 5. The third-order valence-corrected chi connectivity index (χ3v) is 5.26. The third-order valence-electron chi connectivity index (χ3n) is 4.94. The van der Waals surface area contributed by atoms with Crippen LogP contribution in [0, 0.1) is 11.3 Å². The molecule has 0 spiro atoms. The molecule has 0 bridgehead atoms. The van der Waals surface area contributed by atoms with Gasteiger partial charge in [-0.1, -0.05) is 23.7 Å². The molecule has 1 aliphatic rings. The van der Waals surface area contributed by atoms with E-state index in [1.54, 1.807) is 12.3 Å². The average molecular weight is 405 g/mol. The van der Waals surface area contributed by atoms with Crippen LogP contribution >= 0.6 is 11.6 Å². The first-order valence-electron chi connectivity index (χ1n) is 9.58. The summed E-state index contributed by atoms with van der Waals surface area (Å²) in [6, 6.07) is 13.3. The van der Waals surface area contributed by atoms with Crippen LogP contribution in [0.3, 0.4) is 0 Å². The summed E-state index contributed by atoms with van der Waals surface area (Å²) in [7, 11) is 2.04. The van der Waals surface area contributed by atoms with Gasteiger partial charge in [0.25, 0.3) is 0 Å². The highest BCUT2D eigenvalue weighted by molar-refractivity contribution is 6.33. The van der Waals surface area contributed by atoms with E-state index in [0.29, 0.717) is 28.9 Å². The Balaban J connectivity index is 1.50. The molecular weight excluding hydrogens is 384 g/mol. The van der Waals surface area contributed by atoms with Gasteiger partial charge in [0.05, 0.1) is 10.6 Å². The molecule has 0 radical (unpaired) electrons. The van der Waals surface area contributed by atoms with Crippen molar-refractivity contribution in [3.8, 4) is 17.5 Å². The highest BCUT2D eigenvalue weighted by Crippen LogP contribution is 2.43. The standard InChI is InChI=1S/C22H21ClN6/c1-29(11-10-25-20-9-6-15(12-24)13-26-20)22-18(16-7-8-16)14-27-21(28-22)17-4-2-3-5-19(17)23/h2-6,9,13-14,16H,7-8,10-11H2,1H3,(H,25,26).